The molecule has 0 unspecified atom stereocenters. The maximum absolute atomic E-state index is 14.7. The molecule has 0 amide bonds. The highest BCUT2D eigenvalue weighted by Crippen LogP contribution is 2.41. The van der Waals surface area contributed by atoms with Gasteiger partial charge < -0.3 is 15.7 Å². The van der Waals surface area contributed by atoms with E-state index in [4.69, 9.17) is 5.73 Å². The minimum atomic E-state index is -1.27. The molecule has 2 atom stereocenters. The Balaban J connectivity index is 1.77. The molecule has 4 aromatic rings. The number of hydrogen-bond acceptors (Lipinski definition) is 5. The molecule has 2 heterocycles. The number of halogens is 3. The molecule has 3 N–H and O–H groups in total. The fourth-order valence-electron chi connectivity index (χ4n) is 4.60. The van der Waals surface area contributed by atoms with Crippen LogP contribution in [0.2, 0.25) is 0 Å². The predicted molar refractivity (Wildman–Crippen MR) is 129 cm³/mol. The van der Waals surface area contributed by atoms with Gasteiger partial charge in [0.1, 0.15) is 29.6 Å². The first kappa shape index (κ1) is 22.7. The zero-order valence-corrected chi connectivity index (χ0v) is 18.5. The summed E-state index contributed by atoms with van der Waals surface area (Å²) in [6.45, 7) is 0.468. The fourth-order valence-corrected chi connectivity index (χ4v) is 4.60. The maximum atomic E-state index is 14.7. The highest BCUT2D eigenvalue weighted by Gasteiger charge is 2.29. The van der Waals surface area contributed by atoms with Gasteiger partial charge in [-0.05, 0) is 47.9 Å². The summed E-state index contributed by atoms with van der Waals surface area (Å²) in [5.74, 6) is -1.62. The molecule has 3 aromatic carbocycles. The van der Waals surface area contributed by atoms with Crippen LogP contribution in [0.4, 0.5) is 18.9 Å². The molecule has 1 aliphatic heterocycles. The van der Waals surface area contributed by atoms with Crippen molar-refractivity contribution >= 4 is 16.6 Å². The lowest BCUT2D eigenvalue weighted by Gasteiger charge is -2.36. The van der Waals surface area contributed by atoms with Crippen molar-refractivity contribution in [2.75, 3.05) is 18.0 Å². The maximum Gasteiger partial charge on any atom is 0.141 e. The summed E-state index contributed by atoms with van der Waals surface area (Å²) in [7, 11) is 0. The minimum absolute atomic E-state index is 0.0183. The summed E-state index contributed by atoms with van der Waals surface area (Å²) >= 11 is 0. The lowest BCUT2D eigenvalue weighted by Crippen LogP contribution is -2.48. The first-order chi connectivity index (χ1) is 16.9. The number of phenolic OH excluding ortho intramolecular Hbond substituents is 1. The molecule has 0 bridgehead atoms. The van der Waals surface area contributed by atoms with Crippen molar-refractivity contribution in [2.45, 2.75) is 18.6 Å². The van der Waals surface area contributed by atoms with Gasteiger partial charge >= 0.3 is 0 Å². The Kier molecular flexibility index (Phi) is 5.79. The number of fused-ring (bicyclic) bond motifs is 1. The lowest BCUT2D eigenvalue weighted by molar-refractivity contribution is 0.252. The van der Waals surface area contributed by atoms with Crippen LogP contribution in [0.15, 0.2) is 60.8 Å². The van der Waals surface area contributed by atoms with Crippen molar-refractivity contribution in [3.8, 4) is 34.1 Å². The van der Waals surface area contributed by atoms with E-state index in [0.29, 0.717) is 46.2 Å². The van der Waals surface area contributed by atoms with E-state index in [9.17, 15) is 23.5 Å². The summed E-state index contributed by atoms with van der Waals surface area (Å²) in [6.07, 6.45) is 0.664. The van der Waals surface area contributed by atoms with Gasteiger partial charge in [-0.2, -0.15) is 5.26 Å². The van der Waals surface area contributed by atoms with Crippen molar-refractivity contribution in [1.29, 1.82) is 5.26 Å². The highest BCUT2D eigenvalue weighted by molar-refractivity contribution is 6.02. The van der Waals surface area contributed by atoms with Crippen LogP contribution < -0.4 is 10.6 Å². The molecule has 176 valence electrons. The number of aromatic nitrogens is 1. The molecule has 1 aromatic heterocycles. The zero-order chi connectivity index (χ0) is 24.7. The number of alkyl halides is 1. The number of nitrogens with zero attached hydrogens (tertiary/aromatic N) is 3. The van der Waals surface area contributed by atoms with Gasteiger partial charge in [-0.25, -0.2) is 13.2 Å². The molecule has 1 saturated heterocycles. The Hall–Kier alpha value is -4.09. The van der Waals surface area contributed by atoms with Crippen molar-refractivity contribution < 1.29 is 18.3 Å². The van der Waals surface area contributed by atoms with Crippen molar-refractivity contribution in [2.24, 2.45) is 5.73 Å². The number of rotatable bonds is 3. The van der Waals surface area contributed by atoms with Crippen molar-refractivity contribution in [1.82, 2.24) is 4.98 Å². The van der Waals surface area contributed by atoms with E-state index in [2.05, 4.69) is 4.98 Å². The van der Waals surface area contributed by atoms with Crippen molar-refractivity contribution in [3.05, 3.63) is 78.0 Å². The molecule has 0 radical (unpaired) electrons. The second-order valence-electron chi connectivity index (χ2n) is 8.64. The van der Waals surface area contributed by atoms with Gasteiger partial charge in [0.2, 0.25) is 0 Å². The predicted octanol–water partition coefficient (Wildman–Crippen LogP) is 5.30. The summed E-state index contributed by atoms with van der Waals surface area (Å²) in [4.78, 5) is 6.32. The molecule has 1 fully saturated rings. The van der Waals surface area contributed by atoms with E-state index >= 15 is 0 Å². The second-order valence-corrected chi connectivity index (χ2v) is 8.64. The summed E-state index contributed by atoms with van der Waals surface area (Å²) in [6, 6.07) is 14.8. The van der Waals surface area contributed by atoms with E-state index in [1.165, 1.54) is 24.4 Å². The van der Waals surface area contributed by atoms with Gasteiger partial charge in [0.15, 0.2) is 0 Å². The number of nitriles is 1. The largest absolute Gasteiger partial charge is 0.506 e. The number of piperidine rings is 1. The Morgan fingerprint density at radius 1 is 1.03 bits per heavy atom. The minimum Gasteiger partial charge on any atom is -0.506 e. The molecule has 8 heteroatoms. The lowest BCUT2D eigenvalue weighted by atomic mass is 9.95. The number of pyridine rings is 1. The molecule has 0 saturated carbocycles. The van der Waals surface area contributed by atoms with Gasteiger partial charge in [0.25, 0.3) is 0 Å². The third-order valence-corrected chi connectivity index (χ3v) is 6.39. The molecule has 0 aliphatic carbocycles. The molecular weight excluding hydrogens is 453 g/mol. The topological polar surface area (TPSA) is 86.2 Å². The number of para-hydroxylation sites is 1. The van der Waals surface area contributed by atoms with Crippen molar-refractivity contribution in [3.63, 3.8) is 0 Å². The third kappa shape index (κ3) is 4.15. The fraction of sp³-hybridized carbons (Fsp3) is 0.185. The highest BCUT2D eigenvalue weighted by atomic mass is 19.1. The molecule has 35 heavy (non-hydrogen) atoms. The number of aromatic hydroxyl groups is 1. The number of hydrogen-bond donors (Lipinski definition) is 2. The van der Waals surface area contributed by atoms with Gasteiger partial charge in [0, 0.05) is 41.4 Å². The van der Waals surface area contributed by atoms with Crippen LogP contribution >= 0.6 is 0 Å². The van der Waals surface area contributed by atoms with Crippen LogP contribution in [0.3, 0.4) is 0 Å². The van der Waals surface area contributed by atoms with Crippen LogP contribution in [0.25, 0.3) is 33.2 Å². The first-order valence-corrected chi connectivity index (χ1v) is 11.1. The van der Waals surface area contributed by atoms with Crippen LogP contribution in [-0.2, 0) is 0 Å². The number of phenols is 1. The van der Waals surface area contributed by atoms with E-state index in [-0.39, 0.29) is 23.4 Å². The van der Waals surface area contributed by atoms with E-state index in [1.54, 1.807) is 30.3 Å². The molecule has 1 aliphatic rings. The van der Waals surface area contributed by atoms with Crippen LogP contribution in [0.1, 0.15) is 12.0 Å². The zero-order valence-electron chi connectivity index (χ0n) is 18.5. The SMILES string of the molecule is N#Cc1cccc(-c2ccc3ncc(-c4cc(F)cc(F)c4)c(N4CC[C@@H](N)[C@H](F)C4)c3c2)c1O. The smallest absolute Gasteiger partial charge is 0.141 e. The number of nitrogens with two attached hydrogens (primary N) is 1. The van der Waals surface area contributed by atoms with Crippen LogP contribution in [0, 0.1) is 23.0 Å². The molecule has 5 nitrogen and oxygen atoms in total. The molecular formula is C27H21F3N4O. The van der Waals surface area contributed by atoms with E-state index in [0.717, 1.165) is 6.07 Å². The molecule has 0 spiro atoms. The number of benzene rings is 3. The van der Waals surface area contributed by atoms with Gasteiger partial charge in [0.05, 0.1) is 23.3 Å². The Bertz CT molecular complexity index is 1460. The van der Waals surface area contributed by atoms with E-state index in [1.807, 2.05) is 11.0 Å². The average Bonchev–Trinajstić information content (AvgIpc) is 2.84. The quantitative estimate of drug-likeness (QED) is 0.421. The summed E-state index contributed by atoms with van der Waals surface area (Å²) < 4.78 is 42.9. The monoisotopic (exact) mass is 474 g/mol. The Morgan fingerprint density at radius 3 is 2.51 bits per heavy atom. The van der Waals surface area contributed by atoms with Gasteiger partial charge in [-0.3, -0.25) is 4.98 Å². The summed E-state index contributed by atoms with van der Waals surface area (Å²) in [5, 5.41) is 20.5. The Labute approximate surface area is 199 Å². The second kappa shape index (κ2) is 8.93. The van der Waals surface area contributed by atoms with Crippen LogP contribution in [0.5, 0.6) is 5.75 Å². The standard InChI is InChI=1S/C27H21F3N4O/c28-18-8-17(9-19(29)11-18)22-13-33-25-5-4-15(20-3-1-2-16(12-31)27(20)35)10-21(25)26(22)34-7-6-24(32)23(30)14-34/h1-5,8-11,13,23-24,35H,6-7,14,32H2/t23-,24-/m1/s1. The average molecular weight is 474 g/mol. The molecule has 5 rings (SSSR count). The van der Waals surface area contributed by atoms with Gasteiger partial charge in [-0.15, -0.1) is 0 Å². The first-order valence-electron chi connectivity index (χ1n) is 11.1. The van der Waals surface area contributed by atoms with E-state index < -0.39 is 23.8 Å². The number of anilines is 1. The van der Waals surface area contributed by atoms with Crippen LogP contribution in [-0.4, -0.2) is 35.4 Å². The van der Waals surface area contributed by atoms with Gasteiger partial charge in [-0.1, -0.05) is 18.2 Å². The Morgan fingerprint density at radius 2 is 1.80 bits per heavy atom. The normalized spacial score (nSPS) is 18.0. The summed E-state index contributed by atoms with van der Waals surface area (Å²) in [5.41, 5.74) is 8.98. The third-order valence-electron chi connectivity index (χ3n) is 6.39.